The SMILES string of the molecule is CCCN(CCC)c1ccc(C(N)=S)cc1Br. The molecule has 2 N–H and O–H groups in total. The van der Waals surface area contributed by atoms with Gasteiger partial charge >= 0.3 is 0 Å². The van der Waals surface area contributed by atoms with Crippen molar-refractivity contribution in [2.24, 2.45) is 5.73 Å². The smallest absolute Gasteiger partial charge is 0.104 e. The second-order valence-electron chi connectivity index (χ2n) is 4.02. The summed E-state index contributed by atoms with van der Waals surface area (Å²) in [5.74, 6) is 0. The molecule has 0 aliphatic rings. The molecule has 0 bridgehead atoms. The van der Waals surface area contributed by atoms with Crippen molar-refractivity contribution in [2.75, 3.05) is 18.0 Å². The summed E-state index contributed by atoms with van der Waals surface area (Å²) in [6.07, 6.45) is 2.28. The maximum atomic E-state index is 5.62. The second-order valence-corrected chi connectivity index (χ2v) is 5.31. The van der Waals surface area contributed by atoms with Gasteiger partial charge in [0.25, 0.3) is 0 Å². The maximum Gasteiger partial charge on any atom is 0.104 e. The van der Waals surface area contributed by atoms with Crippen LogP contribution in [0.1, 0.15) is 32.3 Å². The number of halogens is 1. The van der Waals surface area contributed by atoms with Crippen LogP contribution in [-0.2, 0) is 0 Å². The highest BCUT2D eigenvalue weighted by atomic mass is 79.9. The van der Waals surface area contributed by atoms with Gasteiger partial charge in [0.1, 0.15) is 4.99 Å². The van der Waals surface area contributed by atoms with E-state index in [1.807, 2.05) is 12.1 Å². The first-order valence-electron chi connectivity index (χ1n) is 5.94. The van der Waals surface area contributed by atoms with Crippen molar-refractivity contribution in [1.29, 1.82) is 0 Å². The van der Waals surface area contributed by atoms with E-state index in [-0.39, 0.29) is 0 Å². The van der Waals surface area contributed by atoms with Crippen molar-refractivity contribution in [3.8, 4) is 0 Å². The lowest BCUT2D eigenvalue weighted by Crippen LogP contribution is -2.25. The Labute approximate surface area is 117 Å². The van der Waals surface area contributed by atoms with Crippen LogP contribution < -0.4 is 10.6 Å². The zero-order chi connectivity index (χ0) is 12.8. The summed E-state index contributed by atoms with van der Waals surface area (Å²) in [6, 6.07) is 6.07. The first kappa shape index (κ1) is 14.5. The summed E-state index contributed by atoms with van der Waals surface area (Å²) in [5.41, 5.74) is 7.75. The van der Waals surface area contributed by atoms with Gasteiger partial charge in [-0.2, -0.15) is 0 Å². The van der Waals surface area contributed by atoms with E-state index in [9.17, 15) is 0 Å². The van der Waals surface area contributed by atoms with E-state index in [4.69, 9.17) is 18.0 Å². The average Bonchev–Trinajstić information content (AvgIpc) is 2.28. The Kier molecular flexibility index (Phi) is 5.92. The molecule has 17 heavy (non-hydrogen) atoms. The van der Waals surface area contributed by atoms with Crippen molar-refractivity contribution in [3.63, 3.8) is 0 Å². The summed E-state index contributed by atoms with van der Waals surface area (Å²) in [5, 5.41) is 0. The summed E-state index contributed by atoms with van der Waals surface area (Å²) in [4.78, 5) is 2.82. The van der Waals surface area contributed by atoms with Gasteiger partial charge in [-0.15, -0.1) is 0 Å². The third kappa shape index (κ3) is 3.96. The van der Waals surface area contributed by atoms with Crippen LogP contribution in [0.2, 0.25) is 0 Å². The van der Waals surface area contributed by atoms with Crippen LogP contribution in [0.4, 0.5) is 5.69 Å². The maximum absolute atomic E-state index is 5.62. The zero-order valence-corrected chi connectivity index (χ0v) is 12.8. The molecular formula is C13H19BrN2S. The Bertz CT molecular complexity index is 387. The van der Waals surface area contributed by atoms with Crippen molar-refractivity contribution >= 4 is 38.8 Å². The van der Waals surface area contributed by atoms with E-state index in [1.165, 1.54) is 5.69 Å². The van der Waals surface area contributed by atoms with Gasteiger partial charge in [0.05, 0.1) is 5.69 Å². The molecule has 1 aromatic carbocycles. The van der Waals surface area contributed by atoms with E-state index >= 15 is 0 Å². The van der Waals surface area contributed by atoms with E-state index in [0.29, 0.717) is 4.99 Å². The summed E-state index contributed by atoms with van der Waals surface area (Å²) >= 11 is 8.58. The molecule has 94 valence electrons. The minimum absolute atomic E-state index is 0.440. The zero-order valence-electron chi connectivity index (χ0n) is 10.4. The molecule has 0 atom stereocenters. The fraction of sp³-hybridized carbons (Fsp3) is 0.462. The third-order valence-corrected chi connectivity index (χ3v) is 3.43. The van der Waals surface area contributed by atoms with Gasteiger partial charge in [0, 0.05) is 23.1 Å². The number of benzene rings is 1. The molecule has 0 unspecified atom stereocenters. The van der Waals surface area contributed by atoms with Crippen LogP contribution in [-0.4, -0.2) is 18.1 Å². The molecule has 2 nitrogen and oxygen atoms in total. The molecule has 0 saturated carbocycles. The van der Waals surface area contributed by atoms with Crippen molar-refractivity contribution < 1.29 is 0 Å². The summed E-state index contributed by atoms with van der Waals surface area (Å²) in [7, 11) is 0. The summed E-state index contributed by atoms with van der Waals surface area (Å²) in [6.45, 7) is 6.53. The Balaban J connectivity index is 2.99. The lowest BCUT2D eigenvalue weighted by molar-refractivity contribution is 0.743. The van der Waals surface area contributed by atoms with Crippen molar-refractivity contribution in [1.82, 2.24) is 0 Å². The van der Waals surface area contributed by atoms with Gasteiger partial charge < -0.3 is 10.6 Å². The number of nitrogens with zero attached hydrogens (tertiary/aromatic N) is 1. The summed E-state index contributed by atoms with van der Waals surface area (Å²) < 4.78 is 1.06. The Morgan fingerprint density at radius 1 is 1.29 bits per heavy atom. The number of anilines is 1. The standard InChI is InChI=1S/C13H19BrN2S/c1-3-7-16(8-4-2)12-6-5-10(13(15)17)9-11(12)14/h5-6,9H,3-4,7-8H2,1-2H3,(H2,15,17). The van der Waals surface area contributed by atoms with E-state index < -0.39 is 0 Å². The average molecular weight is 315 g/mol. The van der Waals surface area contributed by atoms with Crippen LogP contribution in [0.25, 0.3) is 0 Å². The van der Waals surface area contributed by atoms with Gasteiger partial charge in [-0.1, -0.05) is 26.1 Å². The lowest BCUT2D eigenvalue weighted by Gasteiger charge is -2.25. The Hall–Kier alpha value is -0.610. The number of hydrogen-bond donors (Lipinski definition) is 1. The highest BCUT2D eigenvalue weighted by Crippen LogP contribution is 2.27. The largest absolute Gasteiger partial charge is 0.389 e. The second kappa shape index (κ2) is 6.97. The Morgan fingerprint density at radius 2 is 1.88 bits per heavy atom. The molecule has 1 rings (SSSR count). The molecule has 0 radical (unpaired) electrons. The molecule has 0 fully saturated rings. The number of hydrogen-bond acceptors (Lipinski definition) is 2. The molecule has 1 aromatic rings. The number of thiocarbonyl (C=S) groups is 1. The molecule has 0 aliphatic heterocycles. The molecule has 0 aromatic heterocycles. The number of rotatable bonds is 6. The van der Waals surface area contributed by atoms with Gasteiger partial charge in [-0.05, 0) is 47.0 Å². The number of nitrogens with two attached hydrogens (primary N) is 1. The van der Waals surface area contributed by atoms with Crippen LogP contribution >= 0.6 is 28.1 Å². The molecule has 0 saturated heterocycles. The fourth-order valence-corrected chi connectivity index (χ4v) is 2.57. The molecule has 4 heteroatoms. The van der Waals surface area contributed by atoms with E-state index in [1.54, 1.807) is 0 Å². The minimum Gasteiger partial charge on any atom is -0.389 e. The van der Waals surface area contributed by atoms with Crippen molar-refractivity contribution in [2.45, 2.75) is 26.7 Å². The van der Waals surface area contributed by atoms with Crippen LogP contribution in [0.5, 0.6) is 0 Å². The van der Waals surface area contributed by atoms with Gasteiger partial charge in [0.15, 0.2) is 0 Å². The van der Waals surface area contributed by atoms with Crippen LogP contribution in [0, 0.1) is 0 Å². The first-order chi connectivity index (χ1) is 8.10. The molecule has 0 amide bonds. The predicted molar refractivity (Wildman–Crippen MR) is 82.8 cm³/mol. The fourth-order valence-electron chi connectivity index (χ4n) is 1.81. The lowest BCUT2D eigenvalue weighted by atomic mass is 10.2. The van der Waals surface area contributed by atoms with Gasteiger partial charge in [0.2, 0.25) is 0 Å². The van der Waals surface area contributed by atoms with Crippen molar-refractivity contribution in [3.05, 3.63) is 28.2 Å². The molecule has 0 spiro atoms. The highest BCUT2D eigenvalue weighted by molar-refractivity contribution is 9.10. The van der Waals surface area contributed by atoms with Crippen LogP contribution in [0.3, 0.4) is 0 Å². The molecule has 0 aliphatic carbocycles. The van der Waals surface area contributed by atoms with Crippen LogP contribution in [0.15, 0.2) is 22.7 Å². The molecular weight excluding hydrogens is 296 g/mol. The highest BCUT2D eigenvalue weighted by Gasteiger charge is 2.09. The normalized spacial score (nSPS) is 10.3. The van der Waals surface area contributed by atoms with Gasteiger partial charge in [-0.25, -0.2) is 0 Å². The topological polar surface area (TPSA) is 29.3 Å². The monoisotopic (exact) mass is 314 g/mol. The predicted octanol–water partition coefficient (Wildman–Crippen LogP) is 3.71. The van der Waals surface area contributed by atoms with Gasteiger partial charge in [-0.3, -0.25) is 0 Å². The van der Waals surface area contributed by atoms with E-state index in [2.05, 4.69) is 40.7 Å². The van der Waals surface area contributed by atoms with E-state index in [0.717, 1.165) is 36.0 Å². The Morgan fingerprint density at radius 3 is 2.29 bits per heavy atom. The molecule has 0 heterocycles. The first-order valence-corrected chi connectivity index (χ1v) is 7.14. The minimum atomic E-state index is 0.440. The quantitative estimate of drug-likeness (QED) is 0.812. The third-order valence-electron chi connectivity index (χ3n) is 2.56.